The maximum absolute atomic E-state index is 13.1. The highest BCUT2D eigenvalue weighted by Crippen LogP contribution is 2.41. The number of aromatic nitrogens is 2. The average molecular weight is 455 g/mol. The maximum atomic E-state index is 13.1. The number of halogens is 1. The van der Waals surface area contributed by atoms with Crippen LogP contribution in [-0.2, 0) is 0 Å². The Morgan fingerprint density at radius 3 is 2.65 bits per heavy atom. The minimum Gasteiger partial charge on any atom is -0.494 e. The van der Waals surface area contributed by atoms with Crippen molar-refractivity contribution in [2.45, 2.75) is 12.8 Å². The predicted octanol–water partition coefficient (Wildman–Crippen LogP) is 5.42. The van der Waals surface area contributed by atoms with E-state index in [0.29, 0.717) is 22.0 Å². The van der Waals surface area contributed by atoms with E-state index in [4.69, 9.17) is 9.72 Å². The summed E-state index contributed by atoms with van der Waals surface area (Å²) in [6, 6.07) is 9.26. The van der Waals surface area contributed by atoms with Crippen LogP contribution in [0.25, 0.3) is 21.5 Å². The van der Waals surface area contributed by atoms with Crippen molar-refractivity contribution in [2.24, 2.45) is 0 Å². The van der Waals surface area contributed by atoms with Crippen LogP contribution in [0.1, 0.15) is 23.2 Å². The van der Waals surface area contributed by atoms with Crippen molar-refractivity contribution in [1.82, 2.24) is 9.97 Å². The molecule has 0 spiro atoms. The van der Waals surface area contributed by atoms with E-state index in [9.17, 15) is 9.18 Å². The number of carbonyl (C=O) groups excluding carboxylic acids is 1. The minimum atomic E-state index is -0.387. The number of rotatable bonds is 5. The Balaban J connectivity index is 1.49. The molecule has 2 aromatic carbocycles. The molecule has 4 aromatic rings. The second kappa shape index (κ2) is 8.24. The van der Waals surface area contributed by atoms with Gasteiger partial charge in [0.1, 0.15) is 17.1 Å². The number of methoxy groups -OCH3 is 1. The van der Waals surface area contributed by atoms with Gasteiger partial charge in [-0.1, -0.05) is 11.3 Å². The molecule has 0 unspecified atom stereocenters. The number of nitrogens with zero attached hydrogens (tertiary/aromatic N) is 3. The van der Waals surface area contributed by atoms with Crippen LogP contribution in [0.15, 0.2) is 41.8 Å². The third-order valence-electron chi connectivity index (χ3n) is 5.20. The first-order valence-electron chi connectivity index (χ1n) is 9.87. The molecule has 158 valence electrons. The molecule has 5 rings (SSSR count). The van der Waals surface area contributed by atoms with E-state index in [1.807, 2.05) is 12.1 Å². The summed E-state index contributed by atoms with van der Waals surface area (Å²) in [6.07, 6.45) is 2.40. The molecule has 1 aliphatic heterocycles. The fourth-order valence-corrected chi connectivity index (χ4v) is 5.49. The Labute approximate surface area is 186 Å². The summed E-state index contributed by atoms with van der Waals surface area (Å²) in [5, 5.41) is 6.35. The highest BCUT2D eigenvalue weighted by molar-refractivity contribution is 7.23. The van der Waals surface area contributed by atoms with Gasteiger partial charge in [0, 0.05) is 29.6 Å². The van der Waals surface area contributed by atoms with E-state index in [2.05, 4.69) is 20.6 Å². The summed E-state index contributed by atoms with van der Waals surface area (Å²) in [7, 11) is 1.60. The van der Waals surface area contributed by atoms with Crippen LogP contribution in [0.2, 0.25) is 0 Å². The van der Waals surface area contributed by atoms with Crippen molar-refractivity contribution in [1.29, 1.82) is 0 Å². The van der Waals surface area contributed by atoms with Crippen LogP contribution in [0.4, 0.5) is 14.7 Å². The van der Waals surface area contributed by atoms with Crippen LogP contribution in [0, 0.1) is 5.82 Å². The van der Waals surface area contributed by atoms with Gasteiger partial charge in [-0.15, -0.1) is 11.3 Å². The monoisotopic (exact) mass is 454 g/mol. The molecule has 6 nitrogen and oxygen atoms in total. The Morgan fingerprint density at radius 2 is 1.90 bits per heavy atom. The normalized spacial score (nSPS) is 13.7. The second-order valence-corrected chi connectivity index (χ2v) is 9.02. The molecule has 0 bridgehead atoms. The van der Waals surface area contributed by atoms with Crippen LogP contribution >= 0.6 is 22.7 Å². The molecule has 0 atom stereocenters. The number of fused-ring (bicyclic) bond motifs is 1. The van der Waals surface area contributed by atoms with Crippen LogP contribution in [0.3, 0.4) is 0 Å². The van der Waals surface area contributed by atoms with Gasteiger partial charge >= 0.3 is 0 Å². The van der Waals surface area contributed by atoms with Crippen LogP contribution < -0.4 is 15.0 Å². The van der Waals surface area contributed by atoms with E-state index >= 15 is 0 Å². The maximum Gasteiger partial charge on any atom is 0.257 e. The van der Waals surface area contributed by atoms with Crippen molar-refractivity contribution in [3.8, 4) is 17.0 Å². The summed E-state index contributed by atoms with van der Waals surface area (Å²) in [6.45, 7) is 2.09. The quantitative estimate of drug-likeness (QED) is 0.436. The molecule has 3 heterocycles. The number of hydrogen-bond acceptors (Lipinski definition) is 7. The van der Waals surface area contributed by atoms with Crippen molar-refractivity contribution in [2.75, 3.05) is 30.4 Å². The smallest absolute Gasteiger partial charge is 0.257 e. The molecule has 1 fully saturated rings. The van der Waals surface area contributed by atoms with Gasteiger partial charge in [0.25, 0.3) is 5.91 Å². The number of carbonyl (C=O) groups is 1. The molecular weight excluding hydrogens is 435 g/mol. The third kappa shape index (κ3) is 3.86. The zero-order chi connectivity index (χ0) is 21.4. The van der Waals surface area contributed by atoms with Gasteiger partial charge in [0.05, 0.1) is 17.5 Å². The van der Waals surface area contributed by atoms with E-state index in [-0.39, 0.29) is 11.7 Å². The van der Waals surface area contributed by atoms with Crippen molar-refractivity contribution in [3.05, 3.63) is 53.2 Å². The van der Waals surface area contributed by atoms with Crippen molar-refractivity contribution >= 4 is 49.1 Å². The lowest BCUT2D eigenvalue weighted by atomic mass is 10.1. The Bertz CT molecular complexity index is 1250. The highest BCUT2D eigenvalue weighted by Gasteiger charge is 2.20. The number of amides is 1. The summed E-state index contributed by atoms with van der Waals surface area (Å²) < 4.78 is 19.5. The molecule has 0 saturated carbocycles. The van der Waals surface area contributed by atoms with Gasteiger partial charge in [-0.3, -0.25) is 10.1 Å². The fourth-order valence-electron chi connectivity index (χ4n) is 3.62. The van der Waals surface area contributed by atoms with E-state index in [0.717, 1.165) is 34.2 Å². The molecule has 1 aliphatic rings. The first kappa shape index (κ1) is 19.9. The summed E-state index contributed by atoms with van der Waals surface area (Å²) in [5.41, 5.74) is 2.88. The number of ether oxygens (including phenoxy) is 1. The van der Waals surface area contributed by atoms with E-state index < -0.39 is 0 Å². The average Bonchev–Trinajstić information content (AvgIpc) is 3.53. The summed E-state index contributed by atoms with van der Waals surface area (Å²) in [4.78, 5) is 24.3. The van der Waals surface area contributed by atoms with Gasteiger partial charge in [-0.2, -0.15) is 0 Å². The highest BCUT2D eigenvalue weighted by atomic mass is 32.1. The second-order valence-electron chi connectivity index (χ2n) is 7.18. The Hall–Kier alpha value is -3.04. The number of anilines is 2. The van der Waals surface area contributed by atoms with Gasteiger partial charge in [0.2, 0.25) is 0 Å². The van der Waals surface area contributed by atoms with Crippen molar-refractivity contribution < 1.29 is 13.9 Å². The van der Waals surface area contributed by atoms with Gasteiger partial charge in [-0.25, -0.2) is 14.4 Å². The summed E-state index contributed by atoms with van der Waals surface area (Å²) >= 11 is 3.01. The van der Waals surface area contributed by atoms with Crippen LogP contribution in [-0.4, -0.2) is 36.1 Å². The molecule has 0 radical (unpaired) electrons. The lowest BCUT2D eigenvalue weighted by molar-refractivity contribution is 0.102. The van der Waals surface area contributed by atoms with Gasteiger partial charge in [-0.05, 0) is 49.2 Å². The number of nitrogens with one attached hydrogen (secondary N) is 1. The van der Waals surface area contributed by atoms with E-state index in [1.165, 1.54) is 48.4 Å². The Kier molecular flexibility index (Phi) is 5.29. The summed E-state index contributed by atoms with van der Waals surface area (Å²) in [5.74, 6) is -0.0979. The minimum absolute atomic E-state index is 0.343. The molecule has 0 aliphatic carbocycles. The predicted molar refractivity (Wildman–Crippen MR) is 123 cm³/mol. The SMILES string of the molecule is COc1ccc(-c2csc(N3CCCC3)n2)c2sc(NC(=O)c3ccc(F)cc3)nc12. The Morgan fingerprint density at radius 1 is 1.13 bits per heavy atom. The topological polar surface area (TPSA) is 67.3 Å². The molecular formula is C22H19FN4O2S2. The molecule has 1 N–H and O–H groups in total. The zero-order valence-corrected chi connectivity index (χ0v) is 18.4. The molecule has 2 aromatic heterocycles. The zero-order valence-electron chi connectivity index (χ0n) is 16.7. The van der Waals surface area contributed by atoms with Crippen molar-refractivity contribution in [3.63, 3.8) is 0 Å². The number of thiazole rings is 2. The van der Waals surface area contributed by atoms with Gasteiger partial charge < -0.3 is 9.64 Å². The molecule has 31 heavy (non-hydrogen) atoms. The largest absolute Gasteiger partial charge is 0.494 e. The molecule has 1 saturated heterocycles. The van der Waals surface area contributed by atoms with E-state index in [1.54, 1.807) is 18.4 Å². The molecule has 1 amide bonds. The van der Waals surface area contributed by atoms with Crippen LogP contribution in [0.5, 0.6) is 5.75 Å². The van der Waals surface area contributed by atoms with Gasteiger partial charge in [0.15, 0.2) is 10.3 Å². The number of benzene rings is 2. The first-order chi connectivity index (χ1) is 15.1. The standard InChI is InChI=1S/C22H19FN4O2S2/c1-29-17-9-8-15(16-12-30-22(24-16)27-10-2-3-11-27)19-18(17)25-21(31-19)26-20(28)13-4-6-14(23)7-5-13/h4-9,12H,2-3,10-11H2,1H3,(H,25,26,28). The number of hydrogen-bond donors (Lipinski definition) is 1. The lowest BCUT2D eigenvalue weighted by Crippen LogP contribution is -2.17. The lowest BCUT2D eigenvalue weighted by Gasteiger charge is -2.12. The third-order valence-corrected chi connectivity index (χ3v) is 7.10. The first-order valence-corrected chi connectivity index (χ1v) is 11.6. The fraction of sp³-hybridized carbons (Fsp3) is 0.227. The molecule has 9 heteroatoms.